The van der Waals surface area contributed by atoms with E-state index in [1.54, 1.807) is 27.7 Å². The maximum absolute atomic E-state index is 14.4. The zero-order chi connectivity index (χ0) is 30.9. The molecule has 2 heterocycles. The van der Waals surface area contributed by atoms with E-state index in [0.717, 1.165) is 11.1 Å². The number of carbonyl (C=O) groups is 4. The van der Waals surface area contributed by atoms with Crippen molar-refractivity contribution in [1.82, 2.24) is 9.80 Å². The summed E-state index contributed by atoms with van der Waals surface area (Å²) < 4.78 is 22.1. The Labute approximate surface area is 245 Å². The van der Waals surface area contributed by atoms with Crippen LogP contribution in [0.3, 0.4) is 0 Å². The lowest BCUT2D eigenvalue weighted by molar-refractivity contribution is -0.194. The van der Waals surface area contributed by atoms with Crippen molar-refractivity contribution >= 4 is 35.1 Å². The topological polar surface area (TPSA) is 112 Å². The molecular formula is C32H36N2O8. The molecule has 4 atom stereocenters. The predicted octanol–water partition coefficient (Wildman–Crippen LogP) is 4.65. The minimum atomic E-state index is -0.941. The fraction of sp³-hybridized carbons (Fsp3) is 0.375. The smallest absolute Gasteiger partial charge is 0.304 e. The molecule has 0 spiro atoms. The molecule has 2 aromatic rings. The molecule has 0 radical (unpaired) electrons. The first-order valence-electron chi connectivity index (χ1n) is 13.8. The van der Waals surface area contributed by atoms with Crippen LogP contribution in [0.2, 0.25) is 0 Å². The van der Waals surface area contributed by atoms with Gasteiger partial charge in [-0.05, 0) is 52.7 Å². The van der Waals surface area contributed by atoms with E-state index in [9.17, 15) is 19.2 Å². The molecule has 0 bridgehead atoms. The van der Waals surface area contributed by atoms with Crippen molar-refractivity contribution in [1.29, 1.82) is 0 Å². The third kappa shape index (κ3) is 6.14. The average molecular weight is 577 g/mol. The fourth-order valence-corrected chi connectivity index (χ4v) is 5.22. The van der Waals surface area contributed by atoms with E-state index in [4.69, 9.17) is 18.9 Å². The molecule has 10 nitrogen and oxygen atoms in total. The van der Waals surface area contributed by atoms with E-state index in [1.807, 2.05) is 62.4 Å². The van der Waals surface area contributed by atoms with E-state index in [-0.39, 0.29) is 11.1 Å². The number of hydrogen-bond donors (Lipinski definition) is 0. The maximum atomic E-state index is 14.4. The Morgan fingerprint density at radius 3 is 1.19 bits per heavy atom. The number of hydrogen-bond acceptors (Lipinski definition) is 8. The van der Waals surface area contributed by atoms with Crippen LogP contribution in [0.1, 0.15) is 63.8 Å². The molecular weight excluding hydrogens is 540 g/mol. The van der Waals surface area contributed by atoms with Crippen LogP contribution in [0.5, 0.6) is 0 Å². The molecule has 0 saturated carbocycles. The molecule has 2 aromatic carbocycles. The van der Waals surface area contributed by atoms with Crippen LogP contribution in [0.4, 0.5) is 0 Å². The molecule has 4 unspecified atom stereocenters. The number of benzene rings is 2. The van der Waals surface area contributed by atoms with E-state index >= 15 is 0 Å². The summed E-state index contributed by atoms with van der Waals surface area (Å²) in [4.78, 5) is 54.6. The van der Waals surface area contributed by atoms with Gasteiger partial charge in [0.2, 0.25) is 12.6 Å². The van der Waals surface area contributed by atoms with Crippen LogP contribution in [0.25, 0.3) is 11.4 Å². The van der Waals surface area contributed by atoms with E-state index in [0.29, 0.717) is 22.5 Å². The average Bonchev–Trinajstić information content (AvgIpc) is 3.36. The summed E-state index contributed by atoms with van der Waals surface area (Å²) in [5, 5.41) is 0. The number of ether oxygens (including phenoxy) is 4. The number of nitrogens with zero attached hydrogens (tertiary/aromatic N) is 2. The molecule has 0 saturated heterocycles. The first-order valence-corrected chi connectivity index (χ1v) is 13.8. The van der Waals surface area contributed by atoms with Crippen LogP contribution in [0.15, 0.2) is 59.7 Å². The molecule has 222 valence electrons. The first kappa shape index (κ1) is 30.7. The van der Waals surface area contributed by atoms with Crippen molar-refractivity contribution < 1.29 is 38.1 Å². The van der Waals surface area contributed by atoms with Gasteiger partial charge in [0, 0.05) is 13.8 Å². The van der Waals surface area contributed by atoms with Crippen molar-refractivity contribution in [2.75, 3.05) is 0 Å². The lowest BCUT2D eigenvalue weighted by Crippen LogP contribution is -2.41. The van der Waals surface area contributed by atoms with Crippen molar-refractivity contribution in [3.05, 3.63) is 81.9 Å². The maximum Gasteiger partial charge on any atom is 0.304 e. The minimum Gasteiger partial charge on any atom is -0.436 e. The molecule has 0 aliphatic carbocycles. The van der Waals surface area contributed by atoms with Crippen LogP contribution < -0.4 is 0 Å². The lowest BCUT2D eigenvalue weighted by atomic mass is 10.0. The molecule has 2 aliphatic heterocycles. The van der Waals surface area contributed by atoms with Gasteiger partial charge in [0.15, 0.2) is 0 Å². The van der Waals surface area contributed by atoms with Gasteiger partial charge >= 0.3 is 11.9 Å². The normalized spacial score (nSPS) is 17.8. The summed E-state index contributed by atoms with van der Waals surface area (Å²) in [6.07, 6.45) is -3.67. The SMILES string of the molecule is CC(=O)OC(C)OC(C)N1C(=O)C2=C(c3ccc(C)cc3)N(C(C)OC(C)OC(C)=O)C(=O)C2=C1c1ccc(C)cc1. The van der Waals surface area contributed by atoms with Crippen molar-refractivity contribution in [2.24, 2.45) is 0 Å². The van der Waals surface area contributed by atoms with Gasteiger partial charge in [-0.25, -0.2) is 0 Å². The Morgan fingerprint density at radius 1 is 0.595 bits per heavy atom. The van der Waals surface area contributed by atoms with Gasteiger partial charge in [-0.3, -0.25) is 29.0 Å². The highest BCUT2D eigenvalue weighted by atomic mass is 16.7. The fourth-order valence-electron chi connectivity index (χ4n) is 5.22. The zero-order valence-electron chi connectivity index (χ0n) is 25.1. The molecule has 4 rings (SSSR count). The highest BCUT2D eigenvalue weighted by molar-refractivity contribution is 6.30. The van der Waals surface area contributed by atoms with Gasteiger partial charge in [-0.15, -0.1) is 0 Å². The molecule has 2 aliphatic rings. The summed E-state index contributed by atoms with van der Waals surface area (Å²) in [5.41, 5.74) is 4.42. The lowest BCUT2D eigenvalue weighted by Gasteiger charge is -2.32. The van der Waals surface area contributed by atoms with E-state index in [2.05, 4.69) is 0 Å². The number of esters is 2. The third-order valence-corrected chi connectivity index (χ3v) is 6.89. The Morgan fingerprint density at radius 2 is 0.905 bits per heavy atom. The zero-order valence-corrected chi connectivity index (χ0v) is 25.1. The Bertz CT molecular complexity index is 1350. The summed E-state index contributed by atoms with van der Waals surface area (Å²) in [5.74, 6) is -1.95. The molecule has 0 N–H and O–H groups in total. The van der Waals surface area contributed by atoms with Crippen molar-refractivity contribution in [3.8, 4) is 0 Å². The summed E-state index contributed by atoms with van der Waals surface area (Å²) >= 11 is 0. The molecule has 10 heteroatoms. The largest absolute Gasteiger partial charge is 0.436 e. The second kappa shape index (κ2) is 12.3. The Kier molecular flexibility index (Phi) is 8.98. The van der Waals surface area contributed by atoms with Gasteiger partial charge in [0.25, 0.3) is 11.8 Å². The van der Waals surface area contributed by atoms with E-state index in [1.165, 1.54) is 23.6 Å². The second-order valence-electron chi connectivity index (χ2n) is 10.4. The predicted molar refractivity (Wildman–Crippen MR) is 153 cm³/mol. The van der Waals surface area contributed by atoms with Gasteiger partial charge < -0.3 is 18.9 Å². The van der Waals surface area contributed by atoms with Gasteiger partial charge in [-0.2, -0.15) is 0 Å². The van der Waals surface area contributed by atoms with Gasteiger partial charge in [0.05, 0.1) is 22.5 Å². The number of rotatable bonds is 10. The van der Waals surface area contributed by atoms with E-state index < -0.39 is 48.8 Å². The minimum absolute atomic E-state index is 0.200. The third-order valence-electron chi connectivity index (χ3n) is 6.89. The summed E-state index contributed by atoms with van der Waals surface area (Å²) in [6.45, 7) is 12.9. The van der Waals surface area contributed by atoms with Crippen LogP contribution in [0, 0.1) is 13.8 Å². The van der Waals surface area contributed by atoms with Gasteiger partial charge in [-0.1, -0.05) is 59.7 Å². The van der Waals surface area contributed by atoms with Crippen LogP contribution in [-0.2, 0) is 38.1 Å². The Balaban J connectivity index is 1.91. The van der Waals surface area contributed by atoms with Gasteiger partial charge in [0.1, 0.15) is 12.5 Å². The number of amides is 2. The van der Waals surface area contributed by atoms with Crippen LogP contribution in [-0.4, -0.2) is 58.6 Å². The van der Waals surface area contributed by atoms with Crippen molar-refractivity contribution in [3.63, 3.8) is 0 Å². The molecule has 42 heavy (non-hydrogen) atoms. The second-order valence-corrected chi connectivity index (χ2v) is 10.4. The number of fused-ring (bicyclic) bond motifs is 1. The molecule has 0 aromatic heterocycles. The number of carbonyl (C=O) groups excluding carboxylic acids is 4. The highest BCUT2D eigenvalue weighted by Gasteiger charge is 2.51. The molecule has 2 amide bonds. The quantitative estimate of drug-likeness (QED) is 0.297. The van der Waals surface area contributed by atoms with Crippen molar-refractivity contribution in [2.45, 2.75) is 80.4 Å². The first-order chi connectivity index (χ1) is 19.8. The number of aryl methyl sites for hydroxylation is 2. The monoisotopic (exact) mass is 576 g/mol. The standard InChI is InChI=1S/C32H36N2O8/c1-17-9-13-25(14-10-17)29-27-28(32(38)33(29)19(3)39-23(7)41-21(5)35)30(26-15-11-18(2)12-16-26)34(31(27)37)20(4)40-24(8)42-22(6)36/h9-16,19-20,23-24H,1-8H3. The highest BCUT2D eigenvalue weighted by Crippen LogP contribution is 2.48. The summed E-state index contributed by atoms with van der Waals surface area (Å²) in [6, 6.07) is 14.9. The van der Waals surface area contributed by atoms with Crippen LogP contribution >= 0.6 is 0 Å². The Hall–Kier alpha value is -4.28. The summed E-state index contributed by atoms with van der Waals surface area (Å²) in [7, 11) is 0. The molecule has 0 fully saturated rings.